The van der Waals surface area contributed by atoms with Crippen LogP contribution in [0.5, 0.6) is 23.0 Å². The van der Waals surface area contributed by atoms with Gasteiger partial charge in [0.1, 0.15) is 12.4 Å². The number of carbonyl (C=O) groups excluding carboxylic acids is 1. The molecule has 2 aromatic rings. The number of terminal acetylenes is 1. The zero-order valence-electron chi connectivity index (χ0n) is 14.9. The first-order valence-corrected chi connectivity index (χ1v) is 7.82. The summed E-state index contributed by atoms with van der Waals surface area (Å²) >= 11 is 0. The first kappa shape index (κ1) is 18.9. The molecule has 0 aliphatic carbocycles. The molecule has 0 spiro atoms. The smallest absolute Gasteiger partial charge is 0.203 e. The van der Waals surface area contributed by atoms with Gasteiger partial charge >= 0.3 is 0 Å². The van der Waals surface area contributed by atoms with Crippen molar-refractivity contribution < 1.29 is 23.7 Å². The number of allylic oxidation sites excluding steroid dienone is 1. The third-order valence-electron chi connectivity index (χ3n) is 3.61. The topological polar surface area (TPSA) is 54.0 Å². The second kappa shape index (κ2) is 9.19. The van der Waals surface area contributed by atoms with Gasteiger partial charge in [0.2, 0.25) is 5.75 Å². The molecule has 0 radical (unpaired) electrons. The number of ether oxygens (including phenoxy) is 4. The second-order valence-electron chi connectivity index (χ2n) is 5.14. The molecule has 0 heterocycles. The molecule has 0 aromatic heterocycles. The number of carbonyl (C=O) groups is 1. The fourth-order valence-corrected chi connectivity index (χ4v) is 2.36. The van der Waals surface area contributed by atoms with Crippen LogP contribution in [0.3, 0.4) is 0 Å². The Morgan fingerprint density at radius 1 is 1.00 bits per heavy atom. The van der Waals surface area contributed by atoms with Crippen molar-refractivity contribution >= 4 is 11.9 Å². The van der Waals surface area contributed by atoms with E-state index in [0.717, 1.165) is 0 Å². The quantitative estimate of drug-likeness (QED) is 0.413. The lowest BCUT2D eigenvalue weighted by molar-refractivity contribution is 0.104. The van der Waals surface area contributed by atoms with Crippen LogP contribution in [0, 0.1) is 12.3 Å². The first-order chi connectivity index (χ1) is 12.6. The summed E-state index contributed by atoms with van der Waals surface area (Å²) in [6, 6.07) is 10.3. The molecule has 26 heavy (non-hydrogen) atoms. The Balaban J connectivity index is 2.21. The van der Waals surface area contributed by atoms with Crippen LogP contribution >= 0.6 is 0 Å². The van der Waals surface area contributed by atoms with E-state index in [2.05, 4.69) is 5.92 Å². The van der Waals surface area contributed by atoms with Crippen molar-refractivity contribution in [3.63, 3.8) is 0 Å². The summed E-state index contributed by atoms with van der Waals surface area (Å²) in [4.78, 5) is 12.4. The van der Waals surface area contributed by atoms with Crippen LogP contribution in [0.1, 0.15) is 15.9 Å². The summed E-state index contributed by atoms with van der Waals surface area (Å²) in [5.74, 6) is 4.37. The molecule has 5 heteroatoms. The lowest BCUT2D eigenvalue weighted by atomic mass is 10.1. The molecule has 0 saturated heterocycles. The predicted octanol–water partition coefficient (Wildman–Crippen LogP) is 3.62. The van der Waals surface area contributed by atoms with E-state index >= 15 is 0 Å². The molecule has 134 valence electrons. The highest BCUT2D eigenvalue weighted by atomic mass is 16.5. The third kappa shape index (κ3) is 4.37. The van der Waals surface area contributed by atoms with Crippen molar-refractivity contribution in [1.29, 1.82) is 0 Å². The van der Waals surface area contributed by atoms with Crippen molar-refractivity contribution in [2.45, 2.75) is 0 Å². The highest BCUT2D eigenvalue weighted by Gasteiger charge is 2.14. The van der Waals surface area contributed by atoms with Crippen molar-refractivity contribution in [2.24, 2.45) is 0 Å². The average molecular weight is 352 g/mol. The number of benzene rings is 2. The molecule has 0 bridgehead atoms. The first-order valence-electron chi connectivity index (χ1n) is 7.82. The molecule has 5 nitrogen and oxygen atoms in total. The number of hydrogen-bond acceptors (Lipinski definition) is 5. The van der Waals surface area contributed by atoms with Crippen molar-refractivity contribution in [2.75, 3.05) is 27.9 Å². The second-order valence-corrected chi connectivity index (χ2v) is 5.14. The summed E-state index contributed by atoms with van der Waals surface area (Å²) in [6.07, 6.45) is 8.29. The molecule has 0 fully saturated rings. The molecule has 0 N–H and O–H groups in total. The van der Waals surface area contributed by atoms with Gasteiger partial charge in [-0.1, -0.05) is 5.92 Å². The van der Waals surface area contributed by atoms with Crippen LogP contribution in [0.4, 0.5) is 0 Å². The van der Waals surface area contributed by atoms with Gasteiger partial charge in [-0.05, 0) is 48.6 Å². The van der Waals surface area contributed by atoms with E-state index in [9.17, 15) is 4.79 Å². The highest BCUT2D eigenvalue weighted by molar-refractivity contribution is 6.07. The Kier molecular flexibility index (Phi) is 6.69. The van der Waals surface area contributed by atoms with Gasteiger partial charge in [0.25, 0.3) is 0 Å². The maximum Gasteiger partial charge on any atom is 0.203 e. The number of hydrogen-bond donors (Lipinski definition) is 0. The van der Waals surface area contributed by atoms with Gasteiger partial charge in [-0.3, -0.25) is 4.79 Å². The molecule has 0 amide bonds. The van der Waals surface area contributed by atoms with Gasteiger partial charge in [-0.25, -0.2) is 0 Å². The number of ketones is 1. The standard InChI is InChI=1S/C21H20O5/c1-5-14-26-17-10-6-15(7-11-17)18(22)12-8-16-9-13-19(23-2)21(25-4)20(16)24-3/h1,6-13H,14H2,2-4H3/b12-8+. The van der Waals surface area contributed by atoms with E-state index in [4.69, 9.17) is 25.4 Å². The van der Waals surface area contributed by atoms with E-state index in [0.29, 0.717) is 34.1 Å². The fraction of sp³-hybridized carbons (Fsp3) is 0.190. The molecule has 0 aliphatic rings. The number of methoxy groups -OCH3 is 3. The minimum Gasteiger partial charge on any atom is -0.493 e. The van der Waals surface area contributed by atoms with Gasteiger partial charge < -0.3 is 18.9 Å². The third-order valence-corrected chi connectivity index (χ3v) is 3.61. The van der Waals surface area contributed by atoms with Crippen LogP contribution in [0.2, 0.25) is 0 Å². The van der Waals surface area contributed by atoms with Crippen LogP contribution in [0.25, 0.3) is 6.08 Å². The van der Waals surface area contributed by atoms with Crippen molar-refractivity contribution in [1.82, 2.24) is 0 Å². The average Bonchev–Trinajstić information content (AvgIpc) is 2.69. The molecule has 2 rings (SSSR count). The van der Waals surface area contributed by atoms with Crippen molar-refractivity contribution in [3.8, 4) is 35.3 Å². The lowest BCUT2D eigenvalue weighted by Gasteiger charge is -2.13. The van der Waals surface area contributed by atoms with Gasteiger partial charge in [-0.15, -0.1) is 6.42 Å². The SMILES string of the molecule is C#CCOc1ccc(C(=O)/C=C/c2ccc(OC)c(OC)c2OC)cc1. The van der Waals surface area contributed by atoms with Crippen molar-refractivity contribution in [3.05, 3.63) is 53.6 Å². The fourth-order valence-electron chi connectivity index (χ4n) is 2.36. The molecule has 0 atom stereocenters. The van der Waals surface area contributed by atoms with E-state index in [-0.39, 0.29) is 12.4 Å². The number of rotatable bonds is 8. The zero-order chi connectivity index (χ0) is 18.9. The highest BCUT2D eigenvalue weighted by Crippen LogP contribution is 2.40. The van der Waals surface area contributed by atoms with Gasteiger partial charge in [0.15, 0.2) is 17.3 Å². The minimum atomic E-state index is -0.148. The minimum absolute atomic E-state index is 0.148. The molecular formula is C21H20O5. The Morgan fingerprint density at radius 3 is 2.27 bits per heavy atom. The Hall–Kier alpha value is -3.39. The van der Waals surface area contributed by atoms with Gasteiger partial charge in [0.05, 0.1) is 21.3 Å². The summed E-state index contributed by atoms with van der Waals surface area (Å²) in [5.41, 5.74) is 1.24. The molecule has 0 unspecified atom stereocenters. The van der Waals surface area contributed by atoms with E-state index in [1.165, 1.54) is 20.3 Å². The van der Waals surface area contributed by atoms with Gasteiger partial charge in [-0.2, -0.15) is 0 Å². The molecule has 0 saturated carbocycles. The largest absolute Gasteiger partial charge is 0.493 e. The summed E-state index contributed by atoms with van der Waals surface area (Å²) in [7, 11) is 4.61. The van der Waals surface area contributed by atoms with E-state index in [1.807, 2.05) is 0 Å². The lowest BCUT2D eigenvalue weighted by Crippen LogP contribution is -1.98. The Morgan fingerprint density at radius 2 is 1.69 bits per heavy atom. The summed E-state index contributed by atoms with van der Waals surface area (Å²) < 4.78 is 21.3. The summed E-state index contributed by atoms with van der Waals surface area (Å²) in [5, 5.41) is 0. The monoisotopic (exact) mass is 352 g/mol. The summed E-state index contributed by atoms with van der Waals surface area (Å²) in [6.45, 7) is 0.187. The van der Waals surface area contributed by atoms with E-state index < -0.39 is 0 Å². The normalized spacial score (nSPS) is 10.2. The van der Waals surface area contributed by atoms with Crippen LogP contribution in [-0.4, -0.2) is 33.7 Å². The van der Waals surface area contributed by atoms with Crippen LogP contribution in [-0.2, 0) is 0 Å². The Labute approximate surface area is 153 Å². The molecule has 0 aliphatic heterocycles. The maximum absolute atomic E-state index is 12.4. The zero-order valence-corrected chi connectivity index (χ0v) is 14.9. The molecular weight excluding hydrogens is 332 g/mol. The van der Waals surface area contributed by atoms with E-state index in [1.54, 1.807) is 49.6 Å². The van der Waals surface area contributed by atoms with Gasteiger partial charge in [0, 0.05) is 11.1 Å². The van der Waals surface area contributed by atoms with Crippen LogP contribution < -0.4 is 18.9 Å². The predicted molar refractivity (Wildman–Crippen MR) is 100 cm³/mol. The molecule has 2 aromatic carbocycles. The Bertz CT molecular complexity index is 829. The van der Waals surface area contributed by atoms with Crippen LogP contribution in [0.15, 0.2) is 42.5 Å². The maximum atomic E-state index is 12.4.